The first-order valence-electron chi connectivity index (χ1n) is 10.7. The molecule has 1 heterocycles. The zero-order chi connectivity index (χ0) is 39.7. The fourth-order valence-corrected chi connectivity index (χ4v) is 2.58. The highest BCUT2D eigenvalue weighted by Gasteiger charge is 2.92. The normalized spacial score (nSPS) is 15.8. The van der Waals surface area contributed by atoms with Gasteiger partial charge in [0.05, 0.1) is 0 Å². The largest absolute Gasteiger partial charge is 0.460 e. The molecule has 6 nitrogen and oxygen atoms in total. The molecule has 2 N–H and O–H groups in total. The molecule has 0 atom stereocenters. The lowest BCUT2D eigenvalue weighted by molar-refractivity contribution is -0.440. The molecule has 0 saturated heterocycles. The Morgan fingerprint density at radius 3 is 0.796 bits per heavy atom. The van der Waals surface area contributed by atoms with Gasteiger partial charge in [-0.05, 0) is 0 Å². The standard InChI is InChI=1S/C17H6F26N4O2/c18-6(19,8(22,23)10(26,27)12(30,31)14(34,35)16(38,39)40)1-48-4-45-3(44)46-5(47-4)49-2-7(20,21)9(24,25)11(28,29)13(32,33)15(36,37)17(41,42)43/h1-2H2,(H2,44,45,46,47). The molecule has 0 aromatic carbocycles. The van der Waals surface area contributed by atoms with Crippen LogP contribution in [0.2, 0.25) is 0 Å². The van der Waals surface area contributed by atoms with Gasteiger partial charge in [0.2, 0.25) is 5.95 Å². The molecule has 0 unspecified atom stereocenters. The molecular weight excluding hydrogens is 786 g/mol. The first kappa shape index (κ1) is 43.6. The summed E-state index contributed by atoms with van der Waals surface area (Å²) in [5, 5.41) is 0. The maximum atomic E-state index is 13.8. The summed E-state index contributed by atoms with van der Waals surface area (Å²) < 4.78 is 348. The minimum Gasteiger partial charge on any atom is -0.457 e. The third kappa shape index (κ3) is 6.61. The highest BCUT2D eigenvalue weighted by atomic mass is 19.4. The van der Waals surface area contributed by atoms with E-state index in [2.05, 4.69) is 24.4 Å². The van der Waals surface area contributed by atoms with Crippen molar-refractivity contribution in [3.05, 3.63) is 0 Å². The predicted octanol–water partition coefficient (Wildman–Crippen LogP) is 7.69. The molecular formula is C17H6F26N4O2. The number of nitrogen functional groups attached to an aromatic ring is 1. The van der Waals surface area contributed by atoms with Crippen molar-refractivity contribution in [2.75, 3.05) is 18.9 Å². The Hall–Kier alpha value is -3.41. The Morgan fingerprint density at radius 2 is 0.571 bits per heavy atom. The number of nitrogens with two attached hydrogens (primary N) is 1. The molecule has 1 aromatic rings. The number of ether oxygens (including phenoxy) is 2. The van der Waals surface area contributed by atoms with Crippen LogP contribution in [0.4, 0.5) is 120 Å². The van der Waals surface area contributed by atoms with E-state index in [0.29, 0.717) is 0 Å². The maximum absolute atomic E-state index is 13.8. The lowest BCUT2D eigenvalue weighted by Gasteiger charge is -2.39. The molecule has 0 radical (unpaired) electrons. The summed E-state index contributed by atoms with van der Waals surface area (Å²) in [6.45, 7) is -7.23. The first-order valence-corrected chi connectivity index (χ1v) is 10.7. The summed E-state index contributed by atoms with van der Waals surface area (Å²) >= 11 is 0. The summed E-state index contributed by atoms with van der Waals surface area (Å²) in [6, 6.07) is -4.60. The van der Waals surface area contributed by atoms with Crippen molar-refractivity contribution < 1.29 is 124 Å². The molecule has 0 bridgehead atoms. The average molecular weight is 792 g/mol. The maximum Gasteiger partial charge on any atom is 0.460 e. The van der Waals surface area contributed by atoms with Gasteiger partial charge in [-0.15, -0.1) is 4.98 Å². The fraction of sp³-hybridized carbons (Fsp3) is 0.824. The lowest BCUT2D eigenvalue weighted by Crippen LogP contribution is -2.70. The minimum absolute atomic E-state index is 1.76. The SMILES string of the molecule is Nc1nc(OCC(F)(F)C(F)(F)C(F)(F)C(F)(F)C(F)(F)C(F)(F)F)nc(OCC(F)(F)C(F)(F)C(F)(F)C(F)(F)C(F)(F)C(F)(F)F)n1. The Morgan fingerprint density at radius 1 is 0.347 bits per heavy atom. The van der Waals surface area contributed by atoms with Crippen molar-refractivity contribution in [1.29, 1.82) is 0 Å². The van der Waals surface area contributed by atoms with Crippen LogP contribution in [0.3, 0.4) is 0 Å². The van der Waals surface area contributed by atoms with Gasteiger partial charge in [0.25, 0.3) is 0 Å². The summed E-state index contributed by atoms with van der Waals surface area (Å²) in [5.41, 5.74) is 4.73. The van der Waals surface area contributed by atoms with Gasteiger partial charge in [0.1, 0.15) is 0 Å². The zero-order valence-electron chi connectivity index (χ0n) is 21.5. The van der Waals surface area contributed by atoms with Crippen molar-refractivity contribution in [2.45, 2.75) is 71.6 Å². The van der Waals surface area contributed by atoms with E-state index in [1.54, 1.807) is 0 Å². The highest BCUT2D eigenvalue weighted by Crippen LogP contribution is 2.61. The molecule has 0 saturated carbocycles. The van der Waals surface area contributed by atoms with Crippen LogP contribution in [0.5, 0.6) is 12.0 Å². The van der Waals surface area contributed by atoms with Crippen LogP contribution in [0.15, 0.2) is 0 Å². The Balaban J connectivity index is 3.36. The van der Waals surface area contributed by atoms with E-state index < -0.39 is 103 Å². The third-order valence-electron chi connectivity index (χ3n) is 5.37. The van der Waals surface area contributed by atoms with E-state index in [9.17, 15) is 114 Å². The van der Waals surface area contributed by atoms with Crippen LogP contribution in [0.25, 0.3) is 0 Å². The molecule has 288 valence electrons. The van der Waals surface area contributed by atoms with E-state index in [1.165, 1.54) is 0 Å². The monoisotopic (exact) mass is 792 g/mol. The van der Waals surface area contributed by atoms with Crippen molar-refractivity contribution in [2.24, 2.45) is 0 Å². The van der Waals surface area contributed by atoms with Gasteiger partial charge in [-0.2, -0.15) is 124 Å². The third-order valence-corrected chi connectivity index (χ3v) is 5.37. The number of halogens is 26. The van der Waals surface area contributed by atoms with Crippen LogP contribution < -0.4 is 15.2 Å². The van der Waals surface area contributed by atoms with Gasteiger partial charge in [-0.25, -0.2) is 0 Å². The van der Waals surface area contributed by atoms with Crippen LogP contribution in [0, 0.1) is 0 Å². The van der Waals surface area contributed by atoms with Gasteiger partial charge in [-0.3, -0.25) is 0 Å². The van der Waals surface area contributed by atoms with Gasteiger partial charge in [0.15, 0.2) is 13.2 Å². The summed E-state index contributed by atoms with van der Waals surface area (Å²) in [5.74, 6) is -81.4. The Labute approximate surface area is 248 Å². The van der Waals surface area contributed by atoms with Gasteiger partial charge >= 0.3 is 83.6 Å². The molecule has 0 spiro atoms. The molecule has 1 aromatic heterocycles. The second-order valence-corrected chi connectivity index (χ2v) is 8.84. The molecule has 0 amide bonds. The van der Waals surface area contributed by atoms with Crippen LogP contribution in [0.1, 0.15) is 0 Å². The Kier molecular flexibility index (Phi) is 10.5. The number of hydrogen-bond donors (Lipinski definition) is 1. The second kappa shape index (κ2) is 11.8. The molecule has 0 aliphatic heterocycles. The van der Waals surface area contributed by atoms with Crippen LogP contribution in [-0.4, -0.2) is 99.7 Å². The highest BCUT2D eigenvalue weighted by molar-refractivity contribution is 5.21. The summed E-state index contributed by atoms with van der Waals surface area (Å²) in [7, 11) is 0. The van der Waals surface area contributed by atoms with Gasteiger partial charge in [-0.1, -0.05) is 0 Å². The van der Waals surface area contributed by atoms with E-state index in [4.69, 9.17) is 5.73 Å². The minimum atomic E-state index is -8.36. The number of anilines is 1. The van der Waals surface area contributed by atoms with E-state index in [-0.39, 0.29) is 0 Å². The molecule has 0 fully saturated rings. The second-order valence-electron chi connectivity index (χ2n) is 8.84. The summed E-state index contributed by atoms with van der Waals surface area (Å²) in [4.78, 5) is 7.14. The van der Waals surface area contributed by atoms with E-state index >= 15 is 0 Å². The molecule has 0 aliphatic carbocycles. The summed E-state index contributed by atoms with van der Waals surface area (Å²) in [6.07, 6.45) is -15.5. The smallest absolute Gasteiger partial charge is 0.457 e. The Bertz CT molecular complexity index is 1240. The fourth-order valence-electron chi connectivity index (χ4n) is 2.58. The molecule has 49 heavy (non-hydrogen) atoms. The van der Waals surface area contributed by atoms with Crippen LogP contribution in [-0.2, 0) is 0 Å². The number of rotatable bonds is 14. The molecule has 32 heteroatoms. The number of aromatic nitrogens is 3. The first-order chi connectivity index (χ1) is 21.1. The van der Waals surface area contributed by atoms with Crippen molar-refractivity contribution in [1.82, 2.24) is 15.0 Å². The topological polar surface area (TPSA) is 83.2 Å². The lowest BCUT2D eigenvalue weighted by atomic mass is 9.94. The van der Waals surface area contributed by atoms with Crippen molar-refractivity contribution in [3.63, 3.8) is 0 Å². The quantitative estimate of drug-likeness (QED) is 0.195. The average Bonchev–Trinajstić information content (AvgIpc) is 2.88. The molecule has 1 rings (SSSR count). The predicted molar refractivity (Wildman–Crippen MR) is 96.8 cm³/mol. The van der Waals surface area contributed by atoms with E-state index in [0.717, 1.165) is 0 Å². The van der Waals surface area contributed by atoms with Crippen LogP contribution >= 0.6 is 0 Å². The van der Waals surface area contributed by atoms with Crippen molar-refractivity contribution >= 4 is 5.95 Å². The van der Waals surface area contributed by atoms with Crippen molar-refractivity contribution in [3.8, 4) is 12.0 Å². The van der Waals surface area contributed by atoms with Gasteiger partial charge < -0.3 is 15.2 Å². The number of alkyl halides is 26. The molecule has 0 aliphatic rings. The number of nitrogens with zero attached hydrogens (tertiary/aromatic N) is 3. The zero-order valence-corrected chi connectivity index (χ0v) is 21.5. The number of hydrogen-bond acceptors (Lipinski definition) is 6. The van der Waals surface area contributed by atoms with Gasteiger partial charge in [0, 0.05) is 0 Å². The van der Waals surface area contributed by atoms with E-state index in [1.807, 2.05) is 0 Å².